The first-order valence-corrected chi connectivity index (χ1v) is 7.99. The number of methoxy groups -OCH3 is 1. The van der Waals surface area contributed by atoms with E-state index in [9.17, 15) is 4.79 Å². The number of rotatable bonds is 8. The second-order valence-corrected chi connectivity index (χ2v) is 5.51. The van der Waals surface area contributed by atoms with Crippen molar-refractivity contribution in [3.8, 4) is 5.75 Å². The molecule has 1 atom stereocenters. The number of benzene rings is 1. The Labute approximate surface area is 144 Å². The Hall–Kier alpha value is -1.30. The number of hydrogen-bond acceptors (Lipinski definition) is 4. The molecule has 130 valence electrons. The topological polar surface area (TPSA) is 50.8 Å². The molecule has 0 aliphatic carbocycles. The van der Waals surface area contributed by atoms with E-state index in [2.05, 4.69) is 12.2 Å². The molecular weight excluding hydrogens is 316 g/mol. The van der Waals surface area contributed by atoms with Crippen LogP contribution in [-0.2, 0) is 4.74 Å². The summed E-state index contributed by atoms with van der Waals surface area (Å²) in [4.78, 5) is 14.7. The molecule has 5 nitrogen and oxygen atoms in total. The molecule has 6 heteroatoms. The minimum Gasteiger partial charge on any atom is -0.491 e. The van der Waals surface area contributed by atoms with Crippen LogP contribution in [0.4, 0.5) is 0 Å². The Kier molecular flexibility index (Phi) is 8.99. The largest absolute Gasteiger partial charge is 0.491 e. The van der Waals surface area contributed by atoms with Crippen molar-refractivity contribution in [2.75, 3.05) is 40.0 Å². The lowest BCUT2D eigenvalue weighted by Crippen LogP contribution is -2.42. The van der Waals surface area contributed by atoms with E-state index in [1.165, 1.54) is 0 Å². The highest BCUT2D eigenvalue weighted by atomic mass is 35.5. The molecule has 1 aromatic rings. The van der Waals surface area contributed by atoms with Gasteiger partial charge in [-0.2, -0.15) is 0 Å². The van der Waals surface area contributed by atoms with Crippen molar-refractivity contribution in [1.29, 1.82) is 0 Å². The van der Waals surface area contributed by atoms with E-state index in [1.54, 1.807) is 7.11 Å². The number of halogens is 1. The molecule has 0 aromatic heterocycles. The first-order valence-electron chi connectivity index (χ1n) is 7.99. The molecule has 0 spiro atoms. The quantitative estimate of drug-likeness (QED) is 0.737. The SMILES string of the molecule is CCCN(C(=O)c1ccc(OCCOC)cc1)C1CCNC1.Cl. The Morgan fingerprint density at radius 3 is 2.61 bits per heavy atom. The third kappa shape index (κ3) is 5.68. The molecule has 23 heavy (non-hydrogen) atoms. The fraction of sp³-hybridized carbons (Fsp3) is 0.588. The van der Waals surface area contributed by atoms with Gasteiger partial charge in [-0.25, -0.2) is 0 Å². The number of hydrogen-bond donors (Lipinski definition) is 1. The Morgan fingerprint density at radius 1 is 1.30 bits per heavy atom. The number of ether oxygens (including phenoxy) is 2. The predicted octanol–water partition coefficient (Wildman–Crippen LogP) is 2.35. The number of nitrogens with zero attached hydrogens (tertiary/aromatic N) is 1. The Bertz CT molecular complexity index is 461. The van der Waals surface area contributed by atoms with Crippen LogP contribution in [0.1, 0.15) is 30.1 Å². The second kappa shape index (κ2) is 10.5. The molecule has 1 amide bonds. The molecule has 1 unspecified atom stereocenters. The van der Waals surface area contributed by atoms with Crippen molar-refractivity contribution in [2.24, 2.45) is 0 Å². The summed E-state index contributed by atoms with van der Waals surface area (Å²) >= 11 is 0. The molecular formula is C17H27ClN2O3. The van der Waals surface area contributed by atoms with Gasteiger partial charge in [0.15, 0.2) is 0 Å². The smallest absolute Gasteiger partial charge is 0.254 e. The summed E-state index contributed by atoms with van der Waals surface area (Å²) in [5.74, 6) is 0.872. The predicted molar refractivity (Wildman–Crippen MR) is 93.7 cm³/mol. The summed E-state index contributed by atoms with van der Waals surface area (Å²) < 4.78 is 10.5. The van der Waals surface area contributed by atoms with Crippen molar-refractivity contribution >= 4 is 18.3 Å². The third-order valence-corrected chi connectivity index (χ3v) is 3.86. The maximum absolute atomic E-state index is 12.7. The van der Waals surface area contributed by atoms with Crippen molar-refractivity contribution in [2.45, 2.75) is 25.8 Å². The monoisotopic (exact) mass is 342 g/mol. The molecule has 1 heterocycles. The average Bonchev–Trinajstić information content (AvgIpc) is 3.07. The normalized spacial score (nSPS) is 16.7. The summed E-state index contributed by atoms with van der Waals surface area (Å²) in [6.45, 7) is 5.86. The van der Waals surface area contributed by atoms with Gasteiger partial charge >= 0.3 is 0 Å². The summed E-state index contributed by atoms with van der Waals surface area (Å²) in [6, 6.07) is 7.69. The van der Waals surface area contributed by atoms with Crippen LogP contribution < -0.4 is 10.1 Å². The van der Waals surface area contributed by atoms with Gasteiger partial charge in [0.05, 0.1) is 6.61 Å². The van der Waals surface area contributed by atoms with Gasteiger partial charge < -0.3 is 19.7 Å². The van der Waals surface area contributed by atoms with Crippen LogP contribution in [0.3, 0.4) is 0 Å². The molecule has 2 rings (SSSR count). The van der Waals surface area contributed by atoms with Gasteiger partial charge in [0, 0.05) is 31.8 Å². The van der Waals surface area contributed by atoms with Gasteiger partial charge in [0.2, 0.25) is 0 Å². The van der Waals surface area contributed by atoms with Gasteiger partial charge in [0.25, 0.3) is 5.91 Å². The summed E-state index contributed by atoms with van der Waals surface area (Å²) in [7, 11) is 1.64. The zero-order chi connectivity index (χ0) is 15.8. The lowest BCUT2D eigenvalue weighted by atomic mass is 10.1. The van der Waals surface area contributed by atoms with Crippen molar-refractivity contribution in [3.63, 3.8) is 0 Å². The summed E-state index contributed by atoms with van der Waals surface area (Å²) in [5.41, 5.74) is 0.722. The minimum atomic E-state index is 0. The van der Waals surface area contributed by atoms with Gasteiger partial charge in [-0.1, -0.05) is 6.92 Å². The van der Waals surface area contributed by atoms with E-state index in [0.717, 1.165) is 43.8 Å². The maximum Gasteiger partial charge on any atom is 0.254 e. The Balaban J connectivity index is 0.00000264. The number of carbonyl (C=O) groups is 1. The van der Waals surface area contributed by atoms with E-state index >= 15 is 0 Å². The van der Waals surface area contributed by atoms with Crippen molar-refractivity contribution < 1.29 is 14.3 Å². The van der Waals surface area contributed by atoms with Crippen molar-refractivity contribution in [1.82, 2.24) is 10.2 Å². The fourth-order valence-electron chi connectivity index (χ4n) is 2.70. The molecule has 0 radical (unpaired) electrons. The number of nitrogens with one attached hydrogen (secondary N) is 1. The highest BCUT2D eigenvalue weighted by Crippen LogP contribution is 2.17. The Morgan fingerprint density at radius 2 is 2.04 bits per heavy atom. The summed E-state index contributed by atoms with van der Waals surface area (Å²) in [5, 5.41) is 3.33. The van der Waals surface area contributed by atoms with E-state index in [-0.39, 0.29) is 18.3 Å². The third-order valence-electron chi connectivity index (χ3n) is 3.86. The molecule has 1 aliphatic heterocycles. The van der Waals surface area contributed by atoms with Crippen LogP contribution in [0.2, 0.25) is 0 Å². The first kappa shape index (κ1) is 19.7. The number of amides is 1. The van der Waals surface area contributed by atoms with E-state index in [4.69, 9.17) is 9.47 Å². The molecule has 1 aromatic carbocycles. The van der Waals surface area contributed by atoms with Crippen LogP contribution >= 0.6 is 12.4 Å². The highest BCUT2D eigenvalue weighted by molar-refractivity contribution is 5.94. The van der Waals surface area contributed by atoms with Gasteiger partial charge in [-0.3, -0.25) is 4.79 Å². The standard InChI is InChI=1S/C17H26N2O3.ClH/c1-3-10-19(15-8-9-18-13-15)17(20)14-4-6-16(7-5-14)22-12-11-21-2;/h4-7,15,18H,3,8-13H2,1-2H3;1H. The van der Waals surface area contributed by atoms with Gasteiger partial charge in [-0.15, -0.1) is 12.4 Å². The van der Waals surface area contributed by atoms with Crippen LogP contribution in [0.5, 0.6) is 5.75 Å². The molecule has 0 saturated carbocycles. The van der Waals surface area contributed by atoms with Crippen LogP contribution in [0.25, 0.3) is 0 Å². The van der Waals surface area contributed by atoms with E-state index in [0.29, 0.717) is 19.3 Å². The maximum atomic E-state index is 12.7. The minimum absolute atomic E-state index is 0. The molecule has 1 N–H and O–H groups in total. The average molecular weight is 343 g/mol. The van der Waals surface area contributed by atoms with E-state index in [1.807, 2.05) is 29.2 Å². The lowest BCUT2D eigenvalue weighted by molar-refractivity contribution is 0.0692. The first-order chi connectivity index (χ1) is 10.8. The number of carbonyl (C=O) groups excluding carboxylic acids is 1. The molecule has 1 saturated heterocycles. The molecule has 0 bridgehead atoms. The zero-order valence-electron chi connectivity index (χ0n) is 13.9. The van der Waals surface area contributed by atoms with Crippen molar-refractivity contribution in [3.05, 3.63) is 29.8 Å². The fourth-order valence-corrected chi connectivity index (χ4v) is 2.70. The highest BCUT2D eigenvalue weighted by Gasteiger charge is 2.26. The van der Waals surface area contributed by atoms with E-state index < -0.39 is 0 Å². The van der Waals surface area contributed by atoms with Crippen LogP contribution in [-0.4, -0.2) is 56.8 Å². The second-order valence-electron chi connectivity index (χ2n) is 5.51. The molecule has 1 fully saturated rings. The zero-order valence-corrected chi connectivity index (χ0v) is 14.7. The van der Waals surface area contributed by atoms with Crippen LogP contribution in [0, 0.1) is 0 Å². The summed E-state index contributed by atoms with van der Waals surface area (Å²) in [6.07, 6.45) is 2.00. The van der Waals surface area contributed by atoms with Gasteiger partial charge in [-0.05, 0) is 43.7 Å². The van der Waals surface area contributed by atoms with Crippen LogP contribution in [0.15, 0.2) is 24.3 Å². The molecule has 1 aliphatic rings. The van der Waals surface area contributed by atoms with Gasteiger partial charge in [0.1, 0.15) is 12.4 Å². The lowest BCUT2D eigenvalue weighted by Gasteiger charge is -2.28.